The maximum absolute atomic E-state index is 11.8. The van der Waals surface area contributed by atoms with Gasteiger partial charge < -0.3 is 15.7 Å². The van der Waals surface area contributed by atoms with E-state index in [4.69, 9.17) is 18.2 Å². The molecule has 1 aromatic carbocycles. The number of nitrogens with one attached hydrogen (secondary N) is 2. The summed E-state index contributed by atoms with van der Waals surface area (Å²) in [6.45, 7) is 9.17. The second-order valence-electron chi connectivity index (χ2n) is 10.5. The van der Waals surface area contributed by atoms with Crippen LogP contribution in [0.15, 0.2) is 36.8 Å². The summed E-state index contributed by atoms with van der Waals surface area (Å²) >= 11 is 6.64. The van der Waals surface area contributed by atoms with E-state index in [2.05, 4.69) is 30.5 Å². The smallest absolute Gasteiger partial charge is 0.231 e. The third-order valence-electron chi connectivity index (χ3n) is 7.55. The van der Waals surface area contributed by atoms with Crippen LogP contribution in [0.25, 0.3) is 21.8 Å². The summed E-state index contributed by atoms with van der Waals surface area (Å²) in [6.07, 6.45) is 10.9. The Bertz CT molecular complexity index is 1490. The van der Waals surface area contributed by atoms with E-state index in [1.807, 2.05) is 18.2 Å². The maximum Gasteiger partial charge on any atom is 0.231 e. The molecule has 212 valence electrons. The SMILES string of the molecule is [C-]#[N+]c1cnc(NC2CCN(S(C)(=O)=O)CC2)nc1-c1cnn(-c2ccc(CNC3CCC(O)CC3)cc2Cl)c1. The minimum Gasteiger partial charge on any atom is -0.393 e. The van der Waals surface area contributed by atoms with Gasteiger partial charge in [0.2, 0.25) is 21.7 Å². The lowest BCUT2D eigenvalue weighted by Crippen LogP contribution is -2.42. The van der Waals surface area contributed by atoms with Crippen molar-refractivity contribution < 1.29 is 13.5 Å². The molecule has 0 radical (unpaired) electrons. The van der Waals surface area contributed by atoms with Crippen LogP contribution in [0.2, 0.25) is 5.02 Å². The number of aliphatic hydroxyl groups is 1. The van der Waals surface area contributed by atoms with Gasteiger partial charge in [0.15, 0.2) is 0 Å². The molecule has 1 saturated heterocycles. The van der Waals surface area contributed by atoms with E-state index in [0.717, 1.165) is 31.2 Å². The quantitative estimate of drug-likeness (QED) is 0.341. The minimum absolute atomic E-state index is 0.0314. The summed E-state index contributed by atoms with van der Waals surface area (Å²) in [4.78, 5) is 12.5. The third-order valence-corrected chi connectivity index (χ3v) is 9.16. The van der Waals surface area contributed by atoms with Crippen LogP contribution in [0.4, 0.5) is 11.6 Å². The van der Waals surface area contributed by atoms with E-state index in [1.54, 1.807) is 17.1 Å². The highest BCUT2D eigenvalue weighted by molar-refractivity contribution is 7.88. The number of hydrogen-bond donors (Lipinski definition) is 3. The summed E-state index contributed by atoms with van der Waals surface area (Å²) in [5.74, 6) is 0.385. The van der Waals surface area contributed by atoms with Crippen molar-refractivity contribution in [3.05, 3.63) is 58.8 Å². The topological polar surface area (TPSA) is 130 Å². The number of nitrogens with zero attached hydrogens (tertiary/aromatic N) is 6. The van der Waals surface area contributed by atoms with Crippen molar-refractivity contribution in [3.8, 4) is 16.9 Å². The Labute approximate surface area is 239 Å². The number of rotatable bonds is 8. The molecule has 1 aliphatic heterocycles. The number of piperidine rings is 1. The molecule has 2 aliphatic rings. The van der Waals surface area contributed by atoms with Crippen molar-refractivity contribution in [2.45, 2.75) is 63.3 Å². The van der Waals surface area contributed by atoms with Crippen molar-refractivity contribution in [1.82, 2.24) is 29.4 Å². The predicted molar refractivity (Wildman–Crippen MR) is 154 cm³/mol. The fourth-order valence-electron chi connectivity index (χ4n) is 5.22. The Balaban J connectivity index is 1.27. The van der Waals surface area contributed by atoms with E-state index in [9.17, 15) is 13.5 Å². The fraction of sp³-hybridized carbons (Fsp3) is 0.481. The summed E-state index contributed by atoms with van der Waals surface area (Å²) in [7, 11) is -3.20. The highest BCUT2D eigenvalue weighted by atomic mass is 35.5. The van der Waals surface area contributed by atoms with Crippen LogP contribution in [-0.2, 0) is 16.6 Å². The predicted octanol–water partition coefficient (Wildman–Crippen LogP) is 3.76. The normalized spacial score (nSPS) is 20.8. The molecule has 0 spiro atoms. The van der Waals surface area contributed by atoms with Crippen molar-refractivity contribution >= 4 is 33.3 Å². The summed E-state index contributed by atoms with van der Waals surface area (Å²) in [5.41, 5.74) is 3.20. The van der Waals surface area contributed by atoms with E-state index in [0.29, 0.717) is 72.1 Å². The van der Waals surface area contributed by atoms with Crippen LogP contribution < -0.4 is 10.6 Å². The lowest BCUT2D eigenvalue weighted by atomic mass is 9.93. The standard InChI is InChI=1S/C27H33ClN8O3S/c1-29-24-16-31-27(33-21-9-11-35(12-10-21)40(2,38)39)34-26(24)19-15-32-36(17-19)25-8-3-18(13-23(25)28)14-30-20-4-6-22(37)7-5-20/h3,8,13,15-17,20-22,30,37H,4-7,9-12,14H2,2H3,(H,31,33,34). The van der Waals surface area contributed by atoms with Crippen LogP contribution in [0, 0.1) is 6.57 Å². The van der Waals surface area contributed by atoms with Gasteiger partial charge in [-0.3, -0.25) is 0 Å². The zero-order chi connectivity index (χ0) is 28.3. The number of aromatic nitrogens is 4. The molecule has 1 saturated carbocycles. The highest BCUT2D eigenvalue weighted by Crippen LogP contribution is 2.31. The Morgan fingerprint density at radius 1 is 1.12 bits per heavy atom. The molecule has 0 amide bonds. The van der Waals surface area contributed by atoms with Crippen LogP contribution in [0.1, 0.15) is 44.1 Å². The molecule has 5 rings (SSSR count). The molecule has 0 atom stereocenters. The van der Waals surface area contributed by atoms with Gasteiger partial charge in [-0.25, -0.2) is 32.2 Å². The highest BCUT2D eigenvalue weighted by Gasteiger charge is 2.25. The number of halogens is 1. The molecule has 2 aromatic heterocycles. The number of aliphatic hydroxyl groups excluding tert-OH is 1. The molecule has 1 aliphatic carbocycles. The Morgan fingerprint density at radius 2 is 1.88 bits per heavy atom. The molecular formula is C27H33ClN8O3S. The van der Waals surface area contributed by atoms with Crippen molar-refractivity contribution in [1.29, 1.82) is 0 Å². The summed E-state index contributed by atoms with van der Waals surface area (Å²) < 4.78 is 26.7. The molecule has 3 heterocycles. The molecule has 0 bridgehead atoms. The van der Waals surface area contributed by atoms with Crippen molar-refractivity contribution in [3.63, 3.8) is 0 Å². The van der Waals surface area contributed by atoms with Gasteiger partial charge in [-0.2, -0.15) is 5.10 Å². The first-order chi connectivity index (χ1) is 19.2. The number of hydrogen-bond acceptors (Lipinski definition) is 8. The molecule has 0 unspecified atom stereocenters. The summed E-state index contributed by atoms with van der Waals surface area (Å²) in [5, 5.41) is 21.6. The van der Waals surface area contributed by atoms with Gasteiger partial charge in [0, 0.05) is 49.7 Å². The van der Waals surface area contributed by atoms with E-state index in [1.165, 1.54) is 16.8 Å². The first kappa shape index (κ1) is 28.4. The summed E-state index contributed by atoms with van der Waals surface area (Å²) in [6, 6.07) is 6.30. The number of benzene rings is 1. The second-order valence-corrected chi connectivity index (χ2v) is 12.9. The second kappa shape index (κ2) is 12.2. The monoisotopic (exact) mass is 584 g/mol. The first-order valence-corrected chi connectivity index (χ1v) is 15.6. The Hall–Kier alpha value is -3.08. The minimum atomic E-state index is -3.20. The van der Waals surface area contributed by atoms with Gasteiger partial charge in [-0.1, -0.05) is 17.7 Å². The van der Waals surface area contributed by atoms with Gasteiger partial charge in [-0.15, -0.1) is 0 Å². The zero-order valence-electron chi connectivity index (χ0n) is 22.3. The van der Waals surface area contributed by atoms with Crippen LogP contribution >= 0.6 is 11.6 Å². The Kier molecular flexibility index (Phi) is 8.68. The molecule has 2 fully saturated rings. The molecule has 13 heteroatoms. The van der Waals surface area contributed by atoms with Gasteiger partial charge in [0.05, 0.1) is 41.5 Å². The number of anilines is 1. The van der Waals surface area contributed by atoms with Gasteiger partial charge in [-0.05, 0) is 56.2 Å². The average Bonchev–Trinajstić information content (AvgIpc) is 3.42. The van der Waals surface area contributed by atoms with E-state index >= 15 is 0 Å². The van der Waals surface area contributed by atoms with Crippen LogP contribution in [0.5, 0.6) is 0 Å². The largest absolute Gasteiger partial charge is 0.393 e. The fourth-order valence-corrected chi connectivity index (χ4v) is 6.38. The van der Waals surface area contributed by atoms with E-state index in [-0.39, 0.29) is 12.1 Å². The Morgan fingerprint density at radius 3 is 2.55 bits per heavy atom. The lowest BCUT2D eigenvalue weighted by Gasteiger charge is -2.30. The van der Waals surface area contributed by atoms with Gasteiger partial charge >= 0.3 is 0 Å². The van der Waals surface area contributed by atoms with Gasteiger partial charge in [0.1, 0.15) is 0 Å². The van der Waals surface area contributed by atoms with Crippen molar-refractivity contribution in [2.24, 2.45) is 0 Å². The van der Waals surface area contributed by atoms with Crippen molar-refractivity contribution in [2.75, 3.05) is 24.7 Å². The van der Waals surface area contributed by atoms with Crippen LogP contribution in [-0.4, -0.2) is 75.1 Å². The van der Waals surface area contributed by atoms with Crippen LogP contribution in [0.3, 0.4) is 0 Å². The zero-order valence-corrected chi connectivity index (χ0v) is 23.9. The maximum atomic E-state index is 11.8. The molecule has 3 N–H and O–H groups in total. The third kappa shape index (κ3) is 6.79. The molecule has 3 aromatic rings. The molecule has 40 heavy (non-hydrogen) atoms. The molecular weight excluding hydrogens is 552 g/mol. The van der Waals surface area contributed by atoms with E-state index < -0.39 is 10.0 Å². The average molecular weight is 585 g/mol. The first-order valence-electron chi connectivity index (χ1n) is 13.4. The van der Waals surface area contributed by atoms with Gasteiger partial charge in [0.25, 0.3) is 0 Å². The molecule has 11 nitrogen and oxygen atoms in total. The lowest BCUT2D eigenvalue weighted by molar-refractivity contribution is 0.116. The number of sulfonamides is 1.